The molecule has 1 heterocycles. The molecule has 0 unspecified atom stereocenters. The molecule has 7 heteroatoms. The topological polar surface area (TPSA) is 114 Å². The monoisotopic (exact) mass is 473 g/mol. The van der Waals surface area contributed by atoms with E-state index in [2.05, 4.69) is 26.0 Å². The molecule has 0 aliphatic heterocycles. The zero-order chi connectivity index (χ0) is 25.4. The molecule has 4 rings (SSSR count). The molecule has 0 saturated carbocycles. The Morgan fingerprint density at radius 2 is 1.69 bits per heavy atom. The van der Waals surface area contributed by atoms with Crippen LogP contribution in [-0.2, 0) is 13.0 Å². The van der Waals surface area contributed by atoms with Crippen molar-refractivity contribution in [2.75, 3.05) is 0 Å². The molecule has 2 aliphatic carbocycles. The molecule has 0 amide bonds. The normalized spacial score (nSPS) is 11.4. The number of fused-ring (bicyclic) bond motifs is 1. The van der Waals surface area contributed by atoms with Crippen LogP contribution < -0.4 is 5.43 Å². The molecule has 1 aromatic heterocycles. The summed E-state index contributed by atoms with van der Waals surface area (Å²) in [5.41, 5.74) is 5.61. The maximum Gasteiger partial charge on any atom is 0.269 e. The highest BCUT2D eigenvalue weighted by Crippen LogP contribution is 2.43. The largest absolute Gasteiger partial charge is 0.502 e. The number of aliphatic hydroxyl groups is 1. The van der Waals surface area contributed by atoms with Gasteiger partial charge in [-0.1, -0.05) is 44.2 Å². The zero-order valence-corrected chi connectivity index (χ0v) is 20.1. The van der Waals surface area contributed by atoms with Crippen LogP contribution in [0.5, 0.6) is 5.75 Å². The van der Waals surface area contributed by atoms with Gasteiger partial charge in [0.05, 0.1) is 4.92 Å². The molecule has 0 bridgehead atoms. The first-order valence-corrected chi connectivity index (χ1v) is 11.4. The second-order valence-corrected chi connectivity index (χ2v) is 9.11. The molecule has 180 valence electrons. The molecule has 2 aromatic rings. The fourth-order valence-electron chi connectivity index (χ4n) is 4.47. The molecule has 0 saturated heterocycles. The van der Waals surface area contributed by atoms with Crippen molar-refractivity contribution >= 4 is 5.69 Å². The van der Waals surface area contributed by atoms with Crippen LogP contribution in [0.3, 0.4) is 0 Å². The third-order valence-corrected chi connectivity index (χ3v) is 6.39. The van der Waals surface area contributed by atoms with Gasteiger partial charge in [0.25, 0.3) is 5.69 Å². The van der Waals surface area contributed by atoms with Crippen LogP contribution in [0.25, 0.3) is 22.5 Å². The lowest BCUT2D eigenvalue weighted by Crippen LogP contribution is -2.14. The summed E-state index contributed by atoms with van der Waals surface area (Å²) >= 11 is 0. The number of rotatable bonds is 6. The summed E-state index contributed by atoms with van der Waals surface area (Å²) in [5.74, 6) is -0.125. The van der Waals surface area contributed by atoms with Crippen molar-refractivity contribution < 1.29 is 19.6 Å². The quantitative estimate of drug-likeness (QED) is 0.268. The van der Waals surface area contributed by atoms with E-state index in [-0.39, 0.29) is 29.2 Å². The van der Waals surface area contributed by atoms with Gasteiger partial charge in [-0.05, 0) is 59.2 Å². The van der Waals surface area contributed by atoms with Crippen LogP contribution in [0.15, 0.2) is 57.7 Å². The molecule has 2 aliphatic rings. The molecule has 7 nitrogen and oxygen atoms in total. The number of non-ortho nitro benzene ring substituents is 1. The number of aromatic hydroxyl groups is 1. The fourth-order valence-corrected chi connectivity index (χ4v) is 4.47. The summed E-state index contributed by atoms with van der Waals surface area (Å²) in [7, 11) is 0. The Morgan fingerprint density at radius 1 is 1.00 bits per heavy atom. The Labute approximate surface area is 202 Å². The van der Waals surface area contributed by atoms with Gasteiger partial charge >= 0.3 is 0 Å². The smallest absolute Gasteiger partial charge is 0.269 e. The fraction of sp³-hybridized carbons (Fsp3) is 0.250. The highest BCUT2D eigenvalue weighted by molar-refractivity contribution is 5.90. The number of hydrogen-bond donors (Lipinski definition) is 2. The van der Waals surface area contributed by atoms with Crippen molar-refractivity contribution in [3.8, 4) is 28.2 Å². The molecule has 1 aromatic carbocycles. The summed E-state index contributed by atoms with van der Waals surface area (Å²) in [5, 5.41) is 31.8. The van der Waals surface area contributed by atoms with Gasteiger partial charge in [-0.2, -0.15) is 0 Å². The second-order valence-electron chi connectivity index (χ2n) is 9.11. The first-order valence-electron chi connectivity index (χ1n) is 11.4. The van der Waals surface area contributed by atoms with Gasteiger partial charge in [-0.25, -0.2) is 0 Å². The number of aliphatic hydroxyl groups excluding tert-OH is 1. The van der Waals surface area contributed by atoms with Gasteiger partial charge in [0.15, 0.2) is 5.76 Å². The number of nitro groups is 1. The van der Waals surface area contributed by atoms with Crippen LogP contribution in [0.2, 0.25) is 0 Å². The average Bonchev–Trinajstić information content (AvgIpc) is 3.04. The second kappa shape index (κ2) is 9.35. The van der Waals surface area contributed by atoms with Gasteiger partial charge in [-0.3, -0.25) is 14.9 Å². The Balaban J connectivity index is 1.86. The maximum absolute atomic E-state index is 13.2. The van der Waals surface area contributed by atoms with E-state index in [1.165, 1.54) is 29.8 Å². The van der Waals surface area contributed by atoms with E-state index >= 15 is 0 Å². The lowest BCUT2D eigenvalue weighted by molar-refractivity contribution is -0.384. The minimum atomic E-state index is -0.638. The van der Waals surface area contributed by atoms with Crippen LogP contribution in [0.4, 0.5) is 5.69 Å². The molecule has 0 spiro atoms. The zero-order valence-electron chi connectivity index (χ0n) is 20.1. The lowest BCUT2D eigenvalue weighted by atomic mass is 9.99. The first kappa shape index (κ1) is 24.2. The predicted molar refractivity (Wildman–Crippen MR) is 134 cm³/mol. The van der Waals surface area contributed by atoms with Crippen molar-refractivity contribution in [1.82, 2.24) is 0 Å². The van der Waals surface area contributed by atoms with Crippen LogP contribution >= 0.6 is 0 Å². The third kappa shape index (κ3) is 4.42. The van der Waals surface area contributed by atoms with Crippen molar-refractivity contribution in [3.63, 3.8) is 0 Å². The Morgan fingerprint density at radius 3 is 2.29 bits per heavy atom. The summed E-state index contributed by atoms with van der Waals surface area (Å²) in [6.07, 6.45) is 0.0522. The highest BCUT2D eigenvalue weighted by Gasteiger charge is 2.25. The number of hydrogen-bond acceptors (Lipinski definition) is 6. The Hall–Kier alpha value is -3.97. The minimum absolute atomic E-state index is 0.0185. The third-order valence-electron chi connectivity index (χ3n) is 6.39. The molecule has 35 heavy (non-hydrogen) atoms. The summed E-state index contributed by atoms with van der Waals surface area (Å²) in [4.78, 5) is 23.6. The maximum atomic E-state index is 13.2. The van der Waals surface area contributed by atoms with Gasteiger partial charge < -0.3 is 14.6 Å². The lowest BCUT2D eigenvalue weighted by Gasteiger charge is -2.12. The standard InChI is InChI=1S/C28H27NO6/c1-15(2)19-7-10-21-16(3)12-23(25(21)17(4)11-19)28-27(32)26(31)22(24(14-30)35-28)13-18-5-8-20(9-6-18)29(33)34/h5-12,15,30,32H,13-14H2,1-4H3. The molecular formula is C28H27NO6. The van der Waals surface area contributed by atoms with Crippen molar-refractivity contribution in [3.05, 3.63) is 102 Å². The van der Waals surface area contributed by atoms with Gasteiger partial charge in [0.2, 0.25) is 11.2 Å². The molecule has 0 radical (unpaired) electrons. The molecule has 0 fully saturated rings. The average molecular weight is 474 g/mol. The van der Waals surface area contributed by atoms with E-state index in [9.17, 15) is 25.1 Å². The number of aryl methyl sites for hydroxylation is 2. The van der Waals surface area contributed by atoms with Crippen molar-refractivity contribution in [2.45, 2.75) is 46.6 Å². The Kier molecular flexibility index (Phi) is 6.45. The molecular weight excluding hydrogens is 446 g/mol. The molecule has 0 atom stereocenters. The minimum Gasteiger partial charge on any atom is -0.502 e. The van der Waals surface area contributed by atoms with Crippen LogP contribution in [0.1, 0.15) is 53.3 Å². The first-order chi connectivity index (χ1) is 16.6. The van der Waals surface area contributed by atoms with Crippen molar-refractivity contribution in [1.29, 1.82) is 0 Å². The van der Waals surface area contributed by atoms with Gasteiger partial charge in [0, 0.05) is 29.7 Å². The van der Waals surface area contributed by atoms with E-state index in [4.69, 9.17) is 4.42 Å². The van der Waals surface area contributed by atoms with Gasteiger partial charge in [0.1, 0.15) is 12.4 Å². The van der Waals surface area contributed by atoms with Crippen LogP contribution in [-0.4, -0.2) is 15.1 Å². The van der Waals surface area contributed by atoms with Crippen molar-refractivity contribution in [2.24, 2.45) is 0 Å². The number of nitro benzene ring substituents is 1. The number of benzene rings is 1. The van der Waals surface area contributed by atoms with E-state index < -0.39 is 22.7 Å². The van der Waals surface area contributed by atoms with E-state index in [1.807, 2.05) is 26.0 Å². The number of nitrogens with zero attached hydrogens (tertiary/aromatic N) is 1. The SMILES string of the molecule is Cc1cc(-c2oc(CO)c(Cc3ccc([N+](=O)[O-])cc3)c(=O)c2O)c2c(C)cc(C(C)C)ccc1-2. The van der Waals surface area contributed by atoms with E-state index in [1.54, 1.807) is 0 Å². The predicted octanol–water partition coefficient (Wildman–Crippen LogP) is 5.85. The van der Waals surface area contributed by atoms with Gasteiger partial charge in [-0.15, -0.1) is 0 Å². The summed E-state index contributed by atoms with van der Waals surface area (Å²) < 4.78 is 5.97. The highest BCUT2D eigenvalue weighted by atomic mass is 16.6. The summed E-state index contributed by atoms with van der Waals surface area (Å²) in [6.45, 7) is 7.66. The van der Waals surface area contributed by atoms with E-state index in [0.717, 1.165) is 22.3 Å². The van der Waals surface area contributed by atoms with E-state index in [0.29, 0.717) is 17.0 Å². The van der Waals surface area contributed by atoms with Crippen LogP contribution in [0, 0.1) is 24.0 Å². The summed E-state index contributed by atoms with van der Waals surface area (Å²) in [6, 6.07) is 13.9. The Bertz CT molecular complexity index is 1450. The molecule has 2 N–H and O–H groups in total.